The zero-order valence-corrected chi connectivity index (χ0v) is 11.4. The van der Waals surface area contributed by atoms with Crippen LogP contribution >= 0.6 is 0 Å². The van der Waals surface area contributed by atoms with E-state index in [0.29, 0.717) is 13.0 Å². The van der Waals surface area contributed by atoms with Crippen LogP contribution < -0.4 is 10.6 Å². The lowest BCUT2D eigenvalue weighted by atomic mass is 9.98. The van der Waals surface area contributed by atoms with Gasteiger partial charge in [0, 0.05) is 18.7 Å². The third-order valence-corrected chi connectivity index (χ3v) is 3.55. The van der Waals surface area contributed by atoms with Gasteiger partial charge in [0.15, 0.2) is 0 Å². The minimum Gasteiger partial charge on any atom is -0.481 e. The van der Waals surface area contributed by atoms with Crippen LogP contribution in [0.3, 0.4) is 0 Å². The number of aryl methyl sites for hydroxylation is 1. The number of carbonyl (C=O) groups excluding carboxylic acids is 1. The number of carboxylic acids is 1. The Labute approximate surface area is 118 Å². The molecule has 108 valence electrons. The monoisotopic (exact) mass is 276 g/mol. The summed E-state index contributed by atoms with van der Waals surface area (Å²) >= 11 is 0. The van der Waals surface area contributed by atoms with Crippen molar-refractivity contribution in [2.24, 2.45) is 5.92 Å². The molecule has 0 bridgehead atoms. The molecule has 1 fully saturated rings. The summed E-state index contributed by atoms with van der Waals surface area (Å²) in [4.78, 5) is 22.8. The van der Waals surface area contributed by atoms with Crippen molar-refractivity contribution in [2.75, 3.05) is 18.4 Å². The first kappa shape index (κ1) is 14.5. The number of anilines is 1. The molecule has 0 radical (unpaired) electrons. The molecule has 1 heterocycles. The van der Waals surface area contributed by atoms with Gasteiger partial charge < -0.3 is 15.7 Å². The van der Waals surface area contributed by atoms with Gasteiger partial charge in [-0.3, -0.25) is 9.59 Å². The second-order valence-corrected chi connectivity index (χ2v) is 5.08. The van der Waals surface area contributed by atoms with Gasteiger partial charge in [0.25, 0.3) is 0 Å². The lowest BCUT2D eigenvalue weighted by molar-refractivity contribution is -0.137. The van der Waals surface area contributed by atoms with Crippen molar-refractivity contribution in [3.8, 4) is 0 Å². The summed E-state index contributed by atoms with van der Waals surface area (Å²) in [6.45, 7) is 1.68. The van der Waals surface area contributed by atoms with Crippen LogP contribution in [0.2, 0.25) is 0 Å². The van der Waals surface area contributed by atoms with E-state index in [2.05, 4.69) is 10.6 Å². The third kappa shape index (κ3) is 4.06. The van der Waals surface area contributed by atoms with Crippen LogP contribution in [0.4, 0.5) is 5.69 Å². The Hall–Kier alpha value is -1.88. The highest BCUT2D eigenvalue weighted by Crippen LogP contribution is 2.19. The van der Waals surface area contributed by atoms with Crippen LogP contribution in [0.15, 0.2) is 24.3 Å². The number of hydrogen-bond acceptors (Lipinski definition) is 3. The van der Waals surface area contributed by atoms with Crippen LogP contribution in [0.5, 0.6) is 0 Å². The summed E-state index contributed by atoms with van der Waals surface area (Å²) in [5.41, 5.74) is 1.59. The van der Waals surface area contributed by atoms with Gasteiger partial charge in [0.2, 0.25) is 5.91 Å². The number of rotatable bonds is 5. The van der Waals surface area contributed by atoms with Crippen molar-refractivity contribution in [3.63, 3.8) is 0 Å². The van der Waals surface area contributed by atoms with Crippen LogP contribution in [0.1, 0.15) is 24.8 Å². The molecule has 0 spiro atoms. The molecule has 2 rings (SSSR count). The van der Waals surface area contributed by atoms with E-state index < -0.39 is 5.97 Å². The number of piperidine rings is 1. The molecule has 5 nitrogen and oxygen atoms in total. The summed E-state index contributed by atoms with van der Waals surface area (Å²) in [6.07, 6.45) is 2.40. The van der Waals surface area contributed by atoms with Crippen molar-refractivity contribution in [3.05, 3.63) is 29.8 Å². The first-order valence-corrected chi connectivity index (χ1v) is 6.98. The second kappa shape index (κ2) is 7.05. The average Bonchev–Trinajstić information content (AvgIpc) is 2.47. The van der Waals surface area contributed by atoms with Crippen molar-refractivity contribution in [1.29, 1.82) is 0 Å². The molecule has 1 aromatic rings. The van der Waals surface area contributed by atoms with E-state index in [1.807, 2.05) is 24.3 Å². The van der Waals surface area contributed by atoms with E-state index in [1.54, 1.807) is 0 Å². The standard InChI is InChI=1S/C15H20N2O3/c18-14(19)8-7-11-4-1-2-6-13(11)17-15(20)12-5-3-9-16-10-12/h1-2,4,6,12,16H,3,5,7-10H2,(H,17,20)(H,18,19). The largest absolute Gasteiger partial charge is 0.481 e. The predicted molar refractivity (Wildman–Crippen MR) is 76.6 cm³/mol. The normalized spacial score (nSPS) is 18.5. The molecule has 5 heteroatoms. The van der Waals surface area contributed by atoms with Crippen LogP contribution in [-0.2, 0) is 16.0 Å². The minimum absolute atomic E-state index is 0.00344. The van der Waals surface area contributed by atoms with Gasteiger partial charge in [-0.1, -0.05) is 18.2 Å². The summed E-state index contributed by atoms with van der Waals surface area (Å²) in [6, 6.07) is 7.39. The van der Waals surface area contributed by atoms with Gasteiger partial charge in [0.1, 0.15) is 0 Å². The van der Waals surface area contributed by atoms with Gasteiger partial charge in [-0.25, -0.2) is 0 Å². The highest BCUT2D eigenvalue weighted by Gasteiger charge is 2.21. The number of nitrogens with one attached hydrogen (secondary N) is 2. The number of amides is 1. The predicted octanol–water partition coefficient (Wildman–Crippen LogP) is 1.64. The molecular weight excluding hydrogens is 256 g/mol. The maximum absolute atomic E-state index is 12.2. The molecule has 20 heavy (non-hydrogen) atoms. The molecule has 1 saturated heterocycles. The third-order valence-electron chi connectivity index (χ3n) is 3.55. The Kier molecular flexibility index (Phi) is 5.12. The molecule has 0 saturated carbocycles. The molecule has 1 unspecified atom stereocenters. The summed E-state index contributed by atoms with van der Waals surface area (Å²) in [7, 11) is 0. The Bertz CT molecular complexity index is 482. The Morgan fingerprint density at radius 3 is 2.85 bits per heavy atom. The number of aliphatic carboxylic acids is 1. The fraction of sp³-hybridized carbons (Fsp3) is 0.467. The Morgan fingerprint density at radius 2 is 2.15 bits per heavy atom. The van der Waals surface area contributed by atoms with E-state index in [-0.39, 0.29) is 18.2 Å². The summed E-state index contributed by atoms with van der Waals surface area (Å²) in [5.74, 6) is -0.820. The highest BCUT2D eigenvalue weighted by molar-refractivity contribution is 5.93. The molecule has 1 aromatic carbocycles. The molecule has 1 amide bonds. The molecule has 0 aliphatic carbocycles. The van der Waals surface area contributed by atoms with Crippen LogP contribution in [0.25, 0.3) is 0 Å². The molecule has 0 aromatic heterocycles. The van der Waals surface area contributed by atoms with Crippen molar-refractivity contribution >= 4 is 17.6 Å². The van der Waals surface area contributed by atoms with Crippen molar-refractivity contribution in [2.45, 2.75) is 25.7 Å². The maximum atomic E-state index is 12.2. The van der Waals surface area contributed by atoms with Gasteiger partial charge in [-0.05, 0) is 37.4 Å². The molecule has 3 N–H and O–H groups in total. The Morgan fingerprint density at radius 1 is 1.35 bits per heavy atom. The fourth-order valence-corrected chi connectivity index (χ4v) is 2.41. The molecule has 1 aliphatic heterocycles. The van der Waals surface area contributed by atoms with E-state index in [1.165, 1.54) is 0 Å². The highest BCUT2D eigenvalue weighted by atomic mass is 16.4. The van der Waals surface area contributed by atoms with E-state index in [0.717, 1.165) is 30.6 Å². The summed E-state index contributed by atoms with van der Waals surface area (Å²) in [5, 5.41) is 14.9. The Balaban J connectivity index is 2.00. The lowest BCUT2D eigenvalue weighted by Crippen LogP contribution is -2.37. The maximum Gasteiger partial charge on any atom is 0.303 e. The zero-order valence-electron chi connectivity index (χ0n) is 11.4. The number of carboxylic acid groups (broad SMARTS) is 1. The van der Waals surface area contributed by atoms with E-state index in [9.17, 15) is 9.59 Å². The fourth-order valence-electron chi connectivity index (χ4n) is 2.41. The van der Waals surface area contributed by atoms with Crippen molar-refractivity contribution < 1.29 is 14.7 Å². The topological polar surface area (TPSA) is 78.4 Å². The van der Waals surface area contributed by atoms with Gasteiger partial charge in [0.05, 0.1) is 5.92 Å². The second-order valence-electron chi connectivity index (χ2n) is 5.08. The number of benzene rings is 1. The lowest BCUT2D eigenvalue weighted by Gasteiger charge is -2.22. The van der Waals surface area contributed by atoms with Crippen LogP contribution in [-0.4, -0.2) is 30.1 Å². The average molecular weight is 276 g/mol. The molecule has 1 atom stereocenters. The number of para-hydroxylation sites is 1. The summed E-state index contributed by atoms with van der Waals surface area (Å²) < 4.78 is 0. The molecule has 1 aliphatic rings. The number of hydrogen-bond donors (Lipinski definition) is 3. The van der Waals surface area contributed by atoms with E-state index in [4.69, 9.17) is 5.11 Å². The zero-order chi connectivity index (χ0) is 14.4. The number of carbonyl (C=O) groups is 2. The molecular formula is C15H20N2O3. The van der Waals surface area contributed by atoms with Crippen LogP contribution in [0, 0.1) is 5.92 Å². The smallest absolute Gasteiger partial charge is 0.303 e. The van der Waals surface area contributed by atoms with Gasteiger partial charge in [-0.15, -0.1) is 0 Å². The quantitative estimate of drug-likeness (QED) is 0.764. The SMILES string of the molecule is O=C(O)CCc1ccccc1NC(=O)C1CCCNC1. The minimum atomic E-state index is -0.831. The van der Waals surface area contributed by atoms with E-state index >= 15 is 0 Å². The van der Waals surface area contributed by atoms with Gasteiger partial charge >= 0.3 is 5.97 Å². The first-order chi connectivity index (χ1) is 9.66. The first-order valence-electron chi connectivity index (χ1n) is 6.98. The van der Waals surface area contributed by atoms with Crippen molar-refractivity contribution in [1.82, 2.24) is 5.32 Å². The van der Waals surface area contributed by atoms with Gasteiger partial charge in [-0.2, -0.15) is 0 Å².